The molecule has 0 aliphatic rings. The van der Waals surface area contributed by atoms with Crippen molar-refractivity contribution in [2.75, 3.05) is 45.3 Å². The molecule has 0 saturated carbocycles. The number of methoxy groups -OCH3 is 1. The number of nitrogens with one attached hydrogen (secondary N) is 3. The molecule has 1 heterocycles. The number of carbonyl (C=O) groups is 1. The fourth-order valence-electron chi connectivity index (χ4n) is 2.66. The number of hydrogen-bond acceptors (Lipinski definition) is 5. The van der Waals surface area contributed by atoms with Crippen LogP contribution in [0.5, 0.6) is 5.75 Å². The Bertz CT molecular complexity index is 804. The van der Waals surface area contributed by atoms with Crippen molar-refractivity contribution < 1.29 is 18.7 Å². The fourth-order valence-corrected chi connectivity index (χ4v) is 2.66. The summed E-state index contributed by atoms with van der Waals surface area (Å²) in [6.45, 7) is 6.97. The van der Waals surface area contributed by atoms with Gasteiger partial charge in [-0.3, -0.25) is 9.79 Å². The van der Waals surface area contributed by atoms with E-state index in [1.807, 2.05) is 38.1 Å². The van der Waals surface area contributed by atoms with Gasteiger partial charge in [0.15, 0.2) is 11.7 Å². The summed E-state index contributed by atoms with van der Waals surface area (Å²) in [5.74, 6) is 1.64. The van der Waals surface area contributed by atoms with Gasteiger partial charge in [0.05, 0.1) is 12.9 Å². The predicted molar refractivity (Wildman–Crippen MR) is 118 cm³/mol. The second kappa shape index (κ2) is 13.3. The summed E-state index contributed by atoms with van der Waals surface area (Å²) < 4.78 is 16.0. The molecule has 164 valence electrons. The number of anilines is 1. The van der Waals surface area contributed by atoms with E-state index in [0.717, 1.165) is 30.0 Å². The van der Waals surface area contributed by atoms with Crippen molar-refractivity contribution in [3.05, 3.63) is 47.9 Å². The average molecular weight is 417 g/mol. The lowest BCUT2D eigenvalue weighted by Crippen LogP contribution is -2.31. The van der Waals surface area contributed by atoms with Gasteiger partial charge in [0.1, 0.15) is 5.75 Å². The van der Waals surface area contributed by atoms with E-state index in [1.54, 1.807) is 13.2 Å². The fraction of sp³-hybridized carbons (Fsp3) is 0.455. The molecule has 0 saturated heterocycles. The zero-order chi connectivity index (χ0) is 21.6. The number of benzene rings is 1. The summed E-state index contributed by atoms with van der Waals surface area (Å²) in [5.41, 5.74) is 1.72. The second-order valence-electron chi connectivity index (χ2n) is 6.65. The quantitative estimate of drug-likeness (QED) is 0.279. The van der Waals surface area contributed by atoms with Gasteiger partial charge in [0, 0.05) is 57.1 Å². The van der Waals surface area contributed by atoms with Crippen molar-refractivity contribution in [3.63, 3.8) is 0 Å². The van der Waals surface area contributed by atoms with Crippen LogP contribution in [0.3, 0.4) is 0 Å². The molecule has 0 aliphatic carbocycles. The minimum Gasteiger partial charge on any atom is -0.493 e. The van der Waals surface area contributed by atoms with Crippen LogP contribution in [0.15, 0.2) is 46.0 Å². The van der Waals surface area contributed by atoms with Crippen molar-refractivity contribution in [2.24, 2.45) is 4.99 Å². The van der Waals surface area contributed by atoms with Gasteiger partial charge in [0.25, 0.3) is 5.91 Å². The van der Waals surface area contributed by atoms with Crippen molar-refractivity contribution in [1.29, 1.82) is 0 Å². The molecule has 2 aromatic rings. The number of nitrogens with zero attached hydrogens (tertiary/aromatic N) is 1. The van der Waals surface area contributed by atoms with Crippen LogP contribution in [0.1, 0.15) is 35.9 Å². The molecule has 0 unspecified atom stereocenters. The van der Waals surface area contributed by atoms with E-state index in [-0.39, 0.29) is 5.91 Å². The van der Waals surface area contributed by atoms with Crippen molar-refractivity contribution >= 4 is 17.6 Å². The highest BCUT2D eigenvalue weighted by Gasteiger charge is 2.11. The zero-order valence-corrected chi connectivity index (χ0v) is 18.0. The van der Waals surface area contributed by atoms with Crippen LogP contribution in [0.2, 0.25) is 0 Å². The van der Waals surface area contributed by atoms with Crippen LogP contribution in [-0.4, -0.2) is 51.8 Å². The first-order chi connectivity index (χ1) is 14.6. The Labute approximate surface area is 178 Å². The molecule has 1 aromatic heterocycles. The van der Waals surface area contributed by atoms with E-state index in [2.05, 4.69) is 20.9 Å². The molecule has 2 rings (SSSR count). The number of aryl methyl sites for hydroxylation is 1. The first-order valence-electron chi connectivity index (χ1n) is 10.2. The van der Waals surface area contributed by atoms with Gasteiger partial charge in [-0.2, -0.15) is 0 Å². The van der Waals surface area contributed by atoms with Crippen molar-refractivity contribution in [2.45, 2.75) is 26.7 Å². The highest BCUT2D eigenvalue weighted by atomic mass is 16.5. The average Bonchev–Trinajstić information content (AvgIpc) is 3.17. The van der Waals surface area contributed by atoms with Crippen LogP contribution in [0, 0.1) is 6.92 Å². The monoisotopic (exact) mass is 416 g/mol. The third-order valence-corrected chi connectivity index (χ3v) is 4.16. The summed E-state index contributed by atoms with van der Waals surface area (Å²) in [5, 5.41) is 9.35. The molecular formula is C22H32N4O4. The molecule has 3 N–H and O–H groups in total. The van der Waals surface area contributed by atoms with Crippen LogP contribution < -0.4 is 20.7 Å². The number of guanidine groups is 1. The number of hydrogen-bond donors (Lipinski definition) is 3. The standard InChI is InChI=1S/C22H32N4O4/c1-4-23-22(25-12-6-11-24-21(27)20-17(2)10-15-30-20)26-18-8-5-9-19(16-18)29-14-7-13-28-3/h5,8-10,15-16H,4,6-7,11-14H2,1-3H3,(H,24,27)(H2,23,25,26). The van der Waals surface area contributed by atoms with Crippen molar-refractivity contribution in [1.82, 2.24) is 10.6 Å². The Morgan fingerprint density at radius 1 is 1.17 bits per heavy atom. The van der Waals surface area contributed by atoms with Crippen LogP contribution in [0.4, 0.5) is 5.69 Å². The van der Waals surface area contributed by atoms with Crippen molar-refractivity contribution in [3.8, 4) is 5.75 Å². The van der Waals surface area contributed by atoms with Crippen LogP contribution in [0.25, 0.3) is 0 Å². The molecule has 0 bridgehead atoms. The maximum Gasteiger partial charge on any atom is 0.287 e. The zero-order valence-electron chi connectivity index (χ0n) is 18.0. The molecule has 0 radical (unpaired) electrons. The van der Waals surface area contributed by atoms with Gasteiger partial charge in [-0.15, -0.1) is 0 Å². The molecule has 30 heavy (non-hydrogen) atoms. The van der Waals surface area contributed by atoms with Gasteiger partial charge >= 0.3 is 0 Å². The van der Waals surface area contributed by atoms with Gasteiger partial charge in [-0.1, -0.05) is 6.07 Å². The molecule has 8 heteroatoms. The largest absolute Gasteiger partial charge is 0.493 e. The summed E-state index contributed by atoms with van der Waals surface area (Å²) >= 11 is 0. The van der Waals surface area contributed by atoms with E-state index in [9.17, 15) is 4.79 Å². The molecule has 0 aliphatic heterocycles. The maximum atomic E-state index is 12.0. The summed E-state index contributed by atoms with van der Waals surface area (Å²) in [4.78, 5) is 16.6. The predicted octanol–water partition coefficient (Wildman–Crippen LogP) is 3.20. The maximum absolute atomic E-state index is 12.0. The Hall–Kier alpha value is -3.00. The first-order valence-corrected chi connectivity index (χ1v) is 10.2. The minimum absolute atomic E-state index is 0.200. The minimum atomic E-state index is -0.200. The van der Waals surface area contributed by atoms with E-state index in [1.165, 1.54) is 6.26 Å². The summed E-state index contributed by atoms with van der Waals surface area (Å²) in [6, 6.07) is 9.52. The van der Waals surface area contributed by atoms with Gasteiger partial charge in [0.2, 0.25) is 0 Å². The number of aliphatic imine (C=N–C) groups is 1. The Kier molecular flexibility index (Phi) is 10.3. The van der Waals surface area contributed by atoms with E-state index in [4.69, 9.17) is 13.9 Å². The number of carbonyl (C=O) groups excluding carboxylic acids is 1. The highest BCUT2D eigenvalue weighted by Crippen LogP contribution is 2.17. The van der Waals surface area contributed by atoms with E-state index < -0.39 is 0 Å². The molecule has 0 fully saturated rings. The lowest BCUT2D eigenvalue weighted by atomic mass is 10.2. The third-order valence-electron chi connectivity index (χ3n) is 4.16. The molecule has 8 nitrogen and oxygen atoms in total. The normalized spacial score (nSPS) is 11.2. The first kappa shape index (κ1) is 23.3. The topological polar surface area (TPSA) is 97.1 Å². The van der Waals surface area contributed by atoms with E-state index >= 15 is 0 Å². The lowest BCUT2D eigenvalue weighted by Gasteiger charge is -2.13. The molecular weight excluding hydrogens is 384 g/mol. The van der Waals surface area contributed by atoms with E-state index in [0.29, 0.717) is 44.4 Å². The number of rotatable bonds is 12. The summed E-state index contributed by atoms with van der Waals surface area (Å²) in [6.07, 6.45) is 3.07. The highest BCUT2D eigenvalue weighted by molar-refractivity contribution is 5.94. The lowest BCUT2D eigenvalue weighted by molar-refractivity contribution is 0.0925. The Morgan fingerprint density at radius 2 is 2.03 bits per heavy atom. The Balaban J connectivity index is 1.79. The summed E-state index contributed by atoms with van der Waals surface area (Å²) in [7, 11) is 1.68. The third kappa shape index (κ3) is 8.16. The Morgan fingerprint density at radius 3 is 2.77 bits per heavy atom. The van der Waals surface area contributed by atoms with Crippen LogP contribution >= 0.6 is 0 Å². The molecule has 0 spiro atoms. The number of amides is 1. The number of ether oxygens (including phenoxy) is 2. The second-order valence-corrected chi connectivity index (χ2v) is 6.65. The van der Waals surface area contributed by atoms with Gasteiger partial charge < -0.3 is 29.8 Å². The SMILES string of the molecule is CCNC(=NCCCNC(=O)c1occc1C)Nc1cccc(OCCCOC)c1. The van der Waals surface area contributed by atoms with Crippen LogP contribution in [-0.2, 0) is 4.74 Å². The molecule has 1 amide bonds. The molecule has 1 aromatic carbocycles. The molecule has 0 atom stereocenters. The van der Waals surface area contributed by atoms with Gasteiger partial charge in [-0.05, 0) is 38.5 Å². The number of furan rings is 1. The smallest absolute Gasteiger partial charge is 0.287 e. The van der Waals surface area contributed by atoms with Gasteiger partial charge in [-0.25, -0.2) is 0 Å².